The Morgan fingerprint density at radius 3 is 2.71 bits per heavy atom. The standard InChI is InChI=1S/C13H12ClNO2/c1-16-13-8-4-5-10(15-13)9-17-12-7-3-2-6-11(12)14/h2-8H,9H2,1H3. The van der Waals surface area contributed by atoms with Crippen LogP contribution in [0.3, 0.4) is 0 Å². The first-order valence-electron chi connectivity index (χ1n) is 5.17. The molecule has 1 aromatic carbocycles. The van der Waals surface area contributed by atoms with Gasteiger partial charge in [0.25, 0.3) is 0 Å². The molecule has 0 saturated heterocycles. The molecule has 0 spiro atoms. The van der Waals surface area contributed by atoms with E-state index in [-0.39, 0.29) is 0 Å². The summed E-state index contributed by atoms with van der Waals surface area (Å²) in [6.07, 6.45) is 0. The Balaban J connectivity index is 2.05. The highest BCUT2D eigenvalue weighted by Gasteiger charge is 2.02. The van der Waals surface area contributed by atoms with Gasteiger partial charge in [-0.2, -0.15) is 0 Å². The van der Waals surface area contributed by atoms with E-state index in [2.05, 4.69) is 4.98 Å². The van der Waals surface area contributed by atoms with Crippen LogP contribution in [0, 0.1) is 0 Å². The Bertz CT molecular complexity index is 502. The zero-order chi connectivity index (χ0) is 12.1. The van der Waals surface area contributed by atoms with Crippen molar-refractivity contribution in [2.24, 2.45) is 0 Å². The molecule has 0 aliphatic heterocycles. The molecule has 0 saturated carbocycles. The van der Waals surface area contributed by atoms with Gasteiger partial charge in [0.2, 0.25) is 5.88 Å². The average molecular weight is 250 g/mol. The van der Waals surface area contributed by atoms with Crippen LogP contribution in [0.4, 0.5) is 0 Å². The summed E-state index contributed by atoms with van der Waals surface area (Å²) in [5.41, 5.74) is 0.796. The van der Waals surface area contributed by atoms with E-state index in [1.54, 1.807) is 19.2 Å². The van der Waals surface area contributed by atoms with Crippen molar-refractivity contribution in [3.8, 4) is 11.6 Å². The molecule has 17 heavy (non-hydrogen) atoms. The predicted octanol–water partition coefficient (Wildman–Crippen LogP) is 3.32. The van der Waals surface area contributed by atoms with Crippen molar-refractivity contribution >= 4 is 11.6 Å². The van der Waals surface area contributed by atoms with E-state index in [9.17, 15) is 0 Å². The van der Waals surface area contributed by atoms with E-state index in [1.807, 2.05) is 30.3 Å². The second-order valence-electron chi connectivity index (χ2n) is 3.39. The maximum absolute atomic E-state index is 5.98. The van der Waals surface area contributed by atoms with Gasteiger partial charge >= 0.3 is 0 Å². The third-order valence-corrected chi connectivity index (χ3v) is 2.51. The van der Waals surface area contributed by atoms with Crippen LogP contribution in [0.25, 0.3) is 0 Å². The topological polar surface area (TPSA) is 31.4 Å². The van der Waals surface area contributed by atoms with Crippen LogP contribution in [0.1, 0.15) is 5.69 Å². The molecule has 0 fully saturated rings. The van der Waals surface area contributed by atoms with Crippen molar-refractivity contribution in [1.82, 2.24) is 4.98 Å². The van der Waals surface area contributed by atoms with E-state index < -0.39 is 0 Å². The van der Waals surface area contributed by atoms with Crippen LogP contribution >= 0.6 is 11.6 Å². The van der Waals surface area contributed by atoms with Gasteiger partial charge in [0.15, 0.2) is 0 Å². The van der Waals surface area contributed by atoms with Crippen molar-refractivity contribution in [2.75, 3.05) is 7.11 Å². The van der Waals surface area contributed by atoms with Crippen LogP contribution in [0.5, 0.6) is 11.6 Å². The van der Waals surface area contributed by atoms with E-state index in [0.717, 1.165) is 5.69 Å². The molecule has 88 valence electrons. The number of pyridine rings is 1. The SMILES string of the molecule is COc1cccc(COc2ccccc2Cl)n1. The molecule has 0 bridgehead atoms. The first kappa shape index (κ1) is 11.7. The summed E-state index contributed by atoms with van der Waals surface area (Å²) < 4.78 is 10.6. The summed E-state index contributed by atoms with van der Waals surface area (Å²) in [5, 5.41) is 0.593. The minimum absolute atomic E-state index is 0.362. The molecule has 1 heterocycles. The first-order chi connectivity index (χ1) is 8.29. The monoisotopic (exact) mass is 249 g/mol. The fourth-order valence-electron chi connectivity index (χ4n) is 1.37. The second kappa shape index (κ2) is 5.55. The highest BCUT2D eigenvalue weighted by atomic mass is 35.5. The quantitative estimate of drug-likeness (QED) is 0.833. The Kier molecular flexibility index (Phi) is 3.83. The van der Waals surface area contributed by atoms with Crippen molar-refractivity contribution < 1.29 is 9.47 Å². The van der Waals surface area contributed by atoms with Crippen LogP contribution in [-0.4, -0.2) is 12.1 Å². The van der Waals surface area contributed by atoms with E-state index >= 15 is 0 Å². The predicted molar refractivity (Wildman–Crippen MR) is 66.6 cm³/mol. The zero-order valence-corrected chi connectivity index (χ0v) is 10.1. The van der Waals surface area contributed by atoms with Gasteiger partial charge in [0.05, 0.1) is 17.8 Å². The molecule has 3 nitrogen and oxygen atoms in total. The van der Waals surface area contributed by atoms with Gasteiger partial charge in [-0.15, -0.1) is 0 Å². The van der Waals surface area contributed by atoms with Gasteiger partial charge in [-0.05, 0) is 18.2 Å². The van der Waals surface area contributed by atoms with E-state index in [0.29, 0.717) is 23.3 Å². The minimum atomic E-state index is 0.362. The molecule has 2 rings (SSSR count). The lowest BCUT2D eigenvalue weighted by molar-refractivity contribution is 0.298. The lowest BCUT2D eigenvalue weighted by Gasteiger charge is -2.07. The third kappa shape index (κ3) is 3.11. The number of nitrogens with zero attached hydrogens (tertiary/aromatic N) is 1. The smallest absolute Gasteiger partial charge is 0.213 e. The fourth-order valence-corrected chi connectivity index (χ4v) is 1.56. The molecular formula is C13H12ClNO2. The zero-order valence-electron chi connectivity index (χ0n) is 9.39. The van der Waals surface area contributed by atoms with Crippen LogP contribution in [0.2, 0.25) is 5.02 Å². The number of hydrogen-bond acceptors (Lipinski definition) is 3. The molecule has 0 N–H and O–H groups in total. The molecule has 2 aromatic rings. The summed E-state index contributed by atoms with van der Waals surface area (Å²) in [4.78, 5) is 4.25. The Morgan fingerprint density at radius 1 is 1.12 bits per heavy atom. The Hall–Kier alpha value is -1.74. The summed E-state index contributed by atoms with van der Waals surface area (Å²) >= 11 is 5.98. The number of halogens is 1. The fraction of sp³-hybridized carbons (Fsp3) is 0.154. The van der Waals surface area contributed by atoms with Crippen molar-refractivity contribution in [3.63, 3.8) is 0 Å². The molecule has 0 aliphatic carbocycles. The number of methoxy groups -OCH3 is 1. The van der Waals surface area contributed by atoms with Crippen LogP contribution < -0.4 is 9.47 Å². The number of hydrogen-bond donors (Lipinski definition) is 0. The van der Waals surface area contributed by atoms with Gasteiger partial charge in [-0.3, -0.25) is 0 Å². The number of rotatable bonds is 4. The summed E-state index contributed by atoms with van der Waals surface area (Å²) in [5.74, 6) is 1.23. The maximum Gasteiger partial charge on any atom is 0.213 e. The molecule has 0 atom stereocenters. The molecule has 0 unspecified atom stereocenters. The van der Waals surface area contributed by atoms with Crippen LogP contribution in [-0.2, 0) is 6.61 Å². The minimum Gasteiger partial charge on any atom is -0.486 e. The number of benzene rings is 1. The third-order valence-electron chi connectivity index (χ3n) is 2.20. The highest BCUT2D eigenvalue weighted by Crippen LogP contribution is 2.23. The molecule has 0 radical (unpaired) electrons. The molecule has 1 aromatic heterocycles. The molecular weight excluding hydrogens is 238 g/mol. The summed E-state index contributed by atoms with van der Waals surface area (Å²) in [6.45, 7) is 0.362. The molecule has 4 heteroatoms. The molecule has 0 aliphatic rings. The van der Waals surface area contributed by atoms with Gasteiger partial charge in [0.1, 0.15) is 12.4 Å². The van der Waals surface area contributed by atoms with E-state index in [4.69, 9.17) is 21.1 Å². The molecule has 0 amide bonds. The van der Waals surface area contributed by atoms with Gasteiger partial charge < -0.3 is 9.47 Å². The summed E-state index contributed by atoms with van der Waals surface area (Å²) in [6, 6.07) is 12.9. The van der Waals surface area contributed by atoms with Gasteiger partial charge in [-0.1, -0.05) is 29.8 Å². The van der Waals surface area contributed by atoms with Crippen molar-refractivity contribution in [3.05, 3.63) is 53.2 Å². The van der Waals surface area contributed by atoms with Crippen molar-refractivity contribution in [2.45, 2.75) is 6.61 Å². The second-order valence-corrected chi connectivity index (χ2v) is 3.80. The van der Waals surface area contributed by atoms with Crippen molar-refractivity contribution in [1.29, 1.82) is 0 Å². The lowest BCUT2D eigenvalue weighted by atomic mass is 10.3. The lowest BCUT2D eigenvalue weighted by Crippen LogP contribution is -1.99. The Labute approximate surface area is 105 Å². The summed E-state index contributed by atoms with van der Waals surface area (Å²) in [7, 11) is 1.58. The number of ether oxygens (including phenoxy) is 2. The van der Waals surface area contributed by atoms with E-state index in [1.165, 1.54) is 0 Å². The Morgan fingerprint density at radius 2 is 1.94 bits per heavy atom. The van der Waals surface area contributed by atoms with Crippen LogP contribution in [0.15, 0.2) is 42.5 Å². The van der Waals surface area contributed by atoms with Gasteiger partial charge in [-0.25, -0.2) is 4.98 Å². The largest absolute Gasteiger partial charge is 0.486 e. The first-order valence-corrected chi connectivity index (χ1v) is 5.54. The maximum atomic E-state index is 5.98. The van der Waals surface area contributed by atoms with Gasteiger partial charge in [0, 0.05) is 6.07 Å². The highest BCUT2D eigenvalue weighted by molar-refractivity contribution is 6.32. The number of para-hydroxylation sites is 1. The average Bonchev–Trinajstić information content (AvgIpc) is 2.38. The normalized spacial score (nSPS) is 10.0. The number of aromatic nitrogens is 1.